The summed E-state index contributed by atoms with van der Waals surface area (Å²) in [6.45, 7) is -0.433. The average molecular weight is 384 g/mol. The topological polar surface area (TPSA) is 94.6 Å². The van der Waals surface area contributed by atoms with Crippen molar-refractivity contribution in [2.75, 3.05) is 19.0 Å². The number of benzene rings is 2. The minimum Gasteiger partial charge on any atom is -0.469 e. The molecule has 0 aliphatic carbocycles. The van der Waals surface area contributed by atoms with E-state index in [0.717, 1.165) is 10.8 Å². The van der Waals surface area contributed by atoms with Gasteiger partial charge in [0.05, 0.1) is 24.8 Å². The highest BCUT2D eigenvalue weighted by molar-refractivity contribution is 7.13. The number of nitrogens with one attached hydrogen (secondary N) is 1. The largest absolute Gasteiger partial charge is 0.469 e. The number of methoxy groups -OCH3 is 1. The number of hydrogen-bond acceptors (Lipinski definition) is 7. The fourth-order valence-corrected chi connectivity index (χ4v) is 3.08. The van der Waals surface area contributed by atoms with Crippen LogP contribution >= 0.6 is 11.3 Å². The summed E-state index contributed by atoms with van der Waals surface area (Å²) < 4.78 is 9.61. The lowest BCUT2D eigenvalue weighted by Crippen LogP contribution is -2.21. The highest BCUT2D eigenvalue weighted by Crippen LogP contribution is 2.17. The minimum atomic E-state index is -0.582. The zero-order valence-electron chi connectivity index (χ0n) is 14.4. The first kappa shape index (κ1) is 18.5. The number of anilines is 1. The number of hydrogen-bond donors (Lipinski definition) is 1. The van der Waals surface area contributed by atoms with Gasteiger partial charge >= 0.3 is 11.9 Å². The maximum atomic E-state index is 12.1. The zero-order valence-corrected chi connectivity index (χ0v) is 15.2. The van der Waals surface area contributed by atoms with Crippen LogP contribution in [0, 0.1) is 0 Å². The van der Waals surface area contributed by atoms with Crippen LogP contribution in [0.2, 0.25) is 0 Å². The van der Waals surface area contributed by atoms with Crippen molar-refractivity contribution in [1.29, 1.82) is 0 Å². The Morgan fingerprint density at radius 2 is 1.89 bits per heavy atom. The Kier molecular flexibility index (Phi) is 5.77. The monoisotopic (exact) mass is 384 g/mol. The summed E-state index contributed by atoms with van der Waals surface area (Å²) in [6, 6.07) is 12.8. The minimum absolute atomic E-state index is 0.0276. The zero-order chi connectivity index (χ0) is 19.2. The van der Waals surface area contributed by atoms with Crippen LogP contribution in [-0.2, 0) is 25.5 Å². The van der Waals surface area contributed by atoms with Crippen molar-refractivity contribution in [3.63, 3.8) is 0 Å². The number of thiazole rings is 1. The van der Waals surface area contributed by atoms with Crippen molar-refractivity contribution >= 4 is 45.1 Å². The summed E-state index contributed by atoms with van der Waals surface area (Å²) in [5.41, 5.74) is 0.867. The Balaban J connectivity index is 1.53. The van der Waals surface area contributed by atoms with Gasteiger partial charge in [0.2, 0.25) is 0 Å². The molecule has 1 N–H and O–H groups in total. The van der Waals surface area contributed by atoms with Gasteiger partial charge in [-0.3, -0.25) is 14.9 Å². The number of esters is 2. The number of rotatable bonds is 6. The Bertz CT molecular complexity index is 998. The van der Waals surface area contributed by atoms with Crippen LogP contribution in [0.15, 0.2) is 47.8 Å². The van der Waals surface area contributed by atoms with Gasteiger partial charge in [-0.15, -0.1) is 11.3 Å². The van der Waals surface area contributed by atoms with Gasteiger partial charge in [0.15, 0.2) is 11.7 Å². The molecule has 1 amide bonds. The predicted molar refractivity (Wildman–Crippen MR) is 101 cm³/mol. The van der Waals surface area contributed by atoms with Crippen molar-refractivity contribution in [2.45, 2.75) is 6.42 Å². The summed E-state index contributed by atoms with van der Waals surface area (Å²) in [6.07, 6.45) is 0.0276. The van der Waals surface area contributed by atoms with Gasteiger partial charge in [0.25, 0.3) is 5.91 Å². The number of amides is 1. The lowest BCUT2D eigenvalue weighted by molar-refractivity contribution is -0.139. The van der Waals surface area contributed by atoms with E-state index in [9.17, 15) is 14.4 Å². The molecule has 1 heterocycles. The molecule has 0 radical (unpaired) electrons. The maximum Gasteiger partial charge on any atom is 0.338 e. The van der Waals surface area contributed by atoms with Crippen LogP contribution in [0.1, 0.15) is 16.1 Å². The number of carbonyl (C=O) groups is 3. The lowest BCUT2D eigenvalue weighted by atomic mass is 10.1. The van der Waals surface area contributed by atoms with Crippen LogP contribution < -0.4 is 5.32 Å². The van der Waals surface area contributed by atoms with Crippen LogP contribution in [0.5, 0.6) is 0 Å². The van der Waals surface area contributed by atoms with Gasteiger partial charge in [-0.25, -0.2) is 9.78 Å². The second-order valence-electron chi connectivity index (χ2n) is 5.58. The second-order valence-corrected chi connectivity index (χ2v) is 6.44. The normalized spacial score (nSPS) is 10.4. The van der Waals surface area contributed by atoms with Gasteiger partial charge in [-0.1, -0.05) is 30.3 Å². The first-order valence-electron chi connectivity index (χ1n) is 8.02. The Hall–Kier alpha value is -3.26. The summed E-state index contributed by atoms with van der Waals surface area (Å²) in [5.74, 6) is -1.51. The Morgan fingerprint density at radius 1 is 1.11 bits per heavy atom. The third-order valence-corrected chi connectivity index (χ3v) is 4.48. The molecule has 138 valence electrons. The van der Waals surface area contributed by atoms with E-state index in [1.807, 2.05) is 30.3 Å². The van der Waals surface area contributed by atoms with Gasteiger partial charge in [-0.2, -0.15) is 0 Å². The average Bonchev–Trinajstić information content (AvgIpc) is 3.12. The molecule has 0 unspecified atom stereocenters. The van der Waals surface area contributed by atoms with E-state index < -0.39 is 24.5 Å². The first-order chi connectivity index (χ1) is 13.0. The number of carbonyl (C=O) groups excluding carboxylic acids is 3. The Morgan fingerprint density at radius 3 is 2.67 bits per heavy atom. The molecule has 0 saturated carbocycles. The molecule has 3 aromatic rings. The smallest absolute Gasteiger partial charge is 0.338 e. The molecular weight excluding hydrogens is 368 g/mol. The van der Waals surface area contributed by atoms with E-state index in [2.05, 4.69) is 15.0 Å². The van der Waals surface area contributed by atoms with E-state index in [-0.39, 0.29) is 6.42 Å². The van der Waals surface area contributed by atoms with Crippen LogP contribution in [0.4, 0.5) is 5.13 Å². The van der Waals surface area contributed by atoms with E-state index >= 15 is 0 Å². The fourth-order valence-electron chi connectivity index (χ4n) is 2.35. The molecule has 3 rings (SSSR count). The Labute approximate surface area is 158 Å². The second kappa shape index (κ2) is 8.41. The highest BCUT2D eigenvalue weighted by atomic mass is 32.1. The molecule has 0 bridgehead atoms. The number of aromatic nitrogens is 1. The fraction of sp³-hybridized carbons (Fsp3) is 0.158. The molecular formula is C19H16N2O5S. The quantitative estimate of drug-likeness (QED) is 0.657. The van der Waals surface area contributed by atoms with Crippen molar-refractivity contribution in [3.8, 4) is 0 Å². The van der Waals surface area contributed by atoms with E-state index in [1.54, 1.807) is 17.5 Å². The van der Waals surface area contributed by atoms with Crippen molar-refractivity contribution in [2.24, 2.45) is 0 Å². The molecule has 0 saturated heterocycles. The van der Waals surface area contributed by atoms with Crippen LogP contribution in [0.25, 0.3) is 10.8 Å². The molecule has 1 aromatic heterocycles. The summed E-state index contributed by atoms with van der Waals surface area (Å²) >= 11 is 1.17. The van der Waals surface area contributed by atoms with Crippen molar-refractivity contribution < 1.29 is 23.9 Å². The molecule has 8 heteroatoms. The first-order valence-corrected chi connectivity index (χ1v) is 8.90. The van der Waals surface area contributed by atoms with Gasteiger partial charge < -0.3 is 9.47 Å². The molecule has 0 atom stereocenters. The summed E-state index contributed by atoms with van der Waals surface area (Å²) in [7, 11) is 1.29. The van der Waals surface area contributed by atoms with E-state index in [0.29, 0.717) is 16.4 Å². The molecule has 0 aliphatic heterocycles. The molecule has 0 aliphatic rings. The predicted octanol–water partition coefficient (Wildman–Crippen LogP) is 2.81. The van der Waals surface area contributed by atoms with E-state index in [4.69, 9.17) is 4.74 Å². The van der Waals surface area contributed by atoms with Gasteiger partial charge in [-0.05, 0) is 22.9 Å². The third kappa shape index (κ3) is 4.89. The van der Waals surface area contributed by atoms with Crippen molar-refractivity contribution in [1.82, 2.24) is 4.98 Å². The standard InChI is InChI=1S/C19H16N2O5S/c1-25-17(23)9-15-11-27-19(20-15)21-16(22)10-26-18(24)14-7-6-12-4-2-3-5-13(12)8-14/h2-8,11H,9-10H2,1H3,(H,20,21,22). The van der Waals surface area contributed by atoms with E-state index in [1.165, 1.54) is 18.4 Å². The molecule has 2 aromatic carbocycles. The van der Waals surface area contributed by atoms with Crippen molar-refractivity contribution in [3.05, 3.63) is 59.1 Å². The van der Waals surface area contributed by atoms with Gasteiger partial charge in [0.1, 0.15) is 0 Å². The number of fused-ring (bicyclic) bond motifs is 1. The summed E-state index contributed by atoms with van der Waals surface area (Å²) in [5, 5.41) is 6.42. The molecule has 0 fully saturated rings. The SMILES string of the molecule is COC(=O)Cc1csc(NC(=O)COC(=O)c2ccc3ccccc3c2)n1. The highest BCUT2D eigenvalue weighted by Gasteiger charge is 2.13. The molecule has 27 heavy (non-hydrogen) atoms. The maximum absolute atomic E-state index is 12.1. The van der Waals surface area contributed by atoms with Gasteiger partial charge in [0, 0.05) is 5.38 Å². The third-order valence-electron chi connectivity index (χ3n) is 3.67. The van der Waals surface area contributed by atoms with Crippen LogP contribution in [0.3, 0.4) is 0 Å². The lowest BCUT2D eigenvalue weighted by Gasteiger charge is -2.06. The summed E-state index contributed by atoms with van der Waals surface area (Å²) in [4.78, 5) is 39.4. The number of ether oxygens (including phenoxy) is 2. The molecule has 7 nitrogen and oxygen atoms in total. The number of nitrogens with zero attached hydrogens (tertiary/aromatic N) is 1. The molecule has 0 spiro atoms. The van der Waals surface area contributed by atoms with Crippen LogP contribution in [-0.4, -0.2) is 36.5 Å².